The number of benzene rings is 24. The fraction of sp³-hybridized carbons (Fsp3) is 0.0417. The van der Waals surface area contributed by atoms with E-state index >= 15 is 0 Å². The van der Waals surface area contributed by atoms with Crippen LogP contribution in [0.2, 0.25) is 0 Å². The third kappa shape index (κ3) is 14.9. The van der Waals surface area contributed by atoms with Crippen LogP contribution in [0, 0.1) is 0 Å². The topological polar surface area (TPSA) is 21.3 Å². The molecule has 30 rings (SSSR count). The second-order valence-electron chi connectivity index (χ2n) is 40.9. The predicted molar refractivity (Wildman–Crippen MR) is 639 cm³/mol. The molecular formula is C144H101N5S. The summed E-state index contributed by atoms with van der Waals surface area (Å²) in [7, 11) is 0. The largest absolute Gasteiger partial charge is 0.310 e. The summed E-state index contributed by atoms with van der Waals surface area (Å²) >= 11 is 1.90. The van der Waals surface area contributed by atoms with Gasteiger partial charge in [-0.2, -0.15) is 0 Å². The Morgan fingerprint density at radius 3 is 1.00 bits per heavy atom. The molecule has 2 aliphatic carbocycles. The molecule has 0 N–H and O–H groups in total. The Balaban J connectivity index is 0.000000109. The monoisotopic (exact) mass is 1930 g/mol. The van der Waals surface area contributed by atoms with Crippen molar-refractivity contribution in [1.82, 2.24) is 13.7 Å². The third-order valence-electron chi connectivity index (χ3n) is 31.7. The summed E-state index contributed by atoms with van der Waals surface area (Å²) in [6.45, 7) is 9.43. The molecule has 0 amide bonds. The van der Waals surface area contributed by atoms with Gasteiger partial charge in [0.1, 0.15) is 0 Å². The van der Waals surface area contributed by atoms with Gasteiger partial charge in [0.25, 0.3) is 0 Å². The number of hydrogen-bond acceptors (Lipinski definition) is 3. The molecule has 708 valence electrons. The lowest BCUT2D eigenvalue weighted by Gasteiger charge is -2.30. The zero-order chi connectivity index (χ0) is 99.8. The molecule has 0 saturated heterocycles. The van der Waals surface area contributed by atoms with Crippen molar-refractivity contribution in [3.8, 4) is 95.0 Å². The molecule has 28 aromatic rings. The first-order chi connectivity index (χ1) is 73.9. The maximum atomic E-state index is 2.46. The van der Waals surface area contributed by atoms with E-state index < -0.39 is 0 Å². The summed E-state index contributed by atoms with van der Waals surface area (Å²) in [5.41, 5.74) is 40.5. The number of anilines is 6. The number of nitrogens with zero attached hydrogens (tertiary/aromatic N) is 5. The smallest absolute Gasteiger partial charge is 0.0541 e. The SMILES string of the molecule is CC1(C)c2ccccc2-c2cc3sc4cc(N(c5ccccc5)c5ccc(-c6ccccc6)cc5)ccc4c3cc21.CC1(C)c2ccccc2-c2ccc(N(c3ccc(-c4ccccc4)cc3)c3ccccc3-c3ccc4c5ccccc5c5ccccc5c4c3)cc21.c1ccc(-n2c3ccccc3c3cc(-c4cc(-c5ccc6c(c5)c5ccccc5n6-c5ccccc5)cc(-n5c6ccccc6c6ccccc65)c4)ccc32)cc1. The standard InChI is InChI=1S/C54H35N3.C51H37N.C39H29NS/c1-3-15-40(16-4-1)55-51-25-13-9-21-45(51)47-34-36(27-29-53(47)55)38-31-39(33-42(32-38)57-49-23-11-7-19-43(49)44-20-8-12-24-50(44)57)37-28-30-54-48(35-37)46-22-10-14-26-52(46)56(54)41-17-5-2-6-18-41;1-51(2)48-22-12-10-21-45(48)46-31-29-38(33-49(46)51)52(37-27-24-35(25-28-37)34-14-4-3-5-15-34)50-23-13-11-16-39(50)36-26-30-44-42-19-7-6-17-40(42)41-18-8-9-20-43(41)47(44)32-36;1-39(2)35-16-10-9-15-31(35)33-25-38-34(24-36(33)39)32-22-21-30(23-37(32)41-38)40(28-13-7-4-8-14-28)29-19-17-27(18-20-29)26-11-5-3-6-12-26/h1-35H;3-33H,1-2H3;3-25H,1-2H3. The number of rotatable bonds is 14. The molecule has 0 fully saturated rings. The summed E-state index contributed by atoms with van der Waals surface area (Å²) < 4.78 is 9.87. The van der Waals surface area contributed by atoms with E-state index in [1.54, 1.807) is 0 Å². The van der Waals surface area contributed by atoms with Crippen molar-refractivity contribution in [1.29, 1.82) is 0 Å². The van der Waals surface area contributed by atoms with Crippen molar-refractivity contribution >= 4 is 163 Å². The summed E-state index contributed by atoms with van der Waals surface area (Å²) in [5.74, 6) is 0. The quantitative estimate of drug-likeness (QED) is 0.101. The van der Waals surface area contributed by atoms with Crippen LogP contribution < -0.4 is 9.80 Å². The third-order valence-corrected chi connectivity index (χ3v) is 32.8. The Morgan fingerprint density at radius 2 is 0.487 bits per heavy atom. The van der Waals surface area contributed by atoms with Crippen LogP contribution in [0.5, 0.6) is 0 Å². The van der Waals surface area contributed by atoms with Crippen LogP contribution in [0.1, 0.15) is 49.9 Å². The second kappa shape index (κ2) is 36.2. The van der Waals surface area contributed by atoms with E-state index in [2.05, 4.69) is 591 Å². The molecule has 0 saturated carbocycles. The van der Waals surface area contributed by atoms with E-state index in [0.29, 0.717) is 0 Å². The summed E-state index contributed by atoms with van der Waals surface area (Å²) in [5, 5.41) is 17.9. The summed E-state index contributed by atoms with van der Waals surface area (Å²) in [6, 6.07) is 198. The van der Waals surface area contributed by atoms with Gasteiger partial charge in [-0.05, 0) is 303 Å². The van der Waals surface area contributed by atoms with Gasteiger partial charge in [-0.25, -0.2) is 0 Å². The van der Waals surface area contributed by atoms with Crippen LogP contribution in [0.15, 0.2) is 540 Å². The maximum absolute atomic E-state index is 2.46. The van der Waals surface area contributed by atoms with E-state index in [1.807, 2.05) is 11.3 Å². The Morgan fingerprint density at radius 1 is 0.160 bits per heavy atom. The lowest BCUT2D eigenvalue weighted by Crippen LogP contribution is -2.16. The number of aromatic nitrogens is 3. The molecule has 0 atom stereocenters. The van der Waals surface area contributed by atoms with Gasteiger partial charge >= 0.3 is 0 Å². The van der Waals surface area contributed by atoms with E-state index in [0.717, 1.165) is 45.5 Å². The van der Waals surface area contributed by atoms with Crippen molar-refractivity contribution in [2.24, 2.45) is 0 Å². The molecule has 4 heterocycles. The van der Waals surface area contributed by atoms with E-state index in [-0.39, 0.29) is 10.8 Å². The first-order valence-corrected chi connectivity index (χ1v) is 52.8. The van der Waals surface area contributed by atoms with Gasteiger partial charge in [0, 0.05) is 114 Å². The molecular weight excluding hydrogens is 1830 g/mol. The minimum atomic E-state index is -0.105. The van der Waals surface area contributed by atoms with Crippen LogP contribution in [0.3, 0.4) is 0 Å². The number of hydrogen-bond donors (Lipinski definition) is 0. The highest BCUT2D eigenvalue weighted by Gasteiger charge is 2.38. The molecule has 2 aliphatic rings. The van der Waals surface area contributed by atoms with Gasteiger partial charge < -0.3 is 23.5 Å². The Bertz CT molecular complexity index is 9930. The zero-order valence-corrected chi connectivity index (χ0v) is 84.3. The molecule has 0 unspecified atom stereocenters. The highest BCUT2D eigenvalue weighted by atomic mass is 32.1. The molecule has 6 heteroatoms. The predicted octanol–water partition coefficient (Wildman–Crippen LogP) is 40.1. The average Bonchev–Trinajstić information content (AvgIpc) is 1.46. The van der Waals surface area contributed by atoms with Crippen molar-refractivity contribution in [3.05, 3.63) is 562 Å². The van der Waals surface area contributed by atoms with Gasteiger partial charge in [0.05, 0.1) is 38.8 Å². The van der Waals surface area contributed by atoms with Gasteiger partial charge in [-0.3, -0.25) is 0 Å². The van der Waals surface area contributed by atoms with Crippen molar-refractivity contribution in [2.45, 2.75) is 38.5 Å². The van der Waals surface area contributed by atoms with Crippen LogP contribution in [0.4, 0.5) is 34.1 Å². The van der Waals surface area contributed by atoms with E-state index in [9.17, 15) is 0 Å². The number of fused-ring (bicyclic) bond motifs is 24. The van der Waals surface area contributed by atoms with Gasteiger partial charge in [-0.15, -0.1) is 11.3 Å². The highest BCUT2D eigenvalue weighted by Crippen LogP contribution is 2.56. The molecule has 150 heavy (non-hydrogen) atoms. The summed E-state index contributed by atoms with van der Waals surface area (Å²) in [6.07, 6.45) is 0. The van der Waals surface area contributed by atoms with Crippen molar-refractivity contribution in [3.63, 3.8) is 0 Å². The molecule has 0 spiro atoms. The molecule has 0 radical (unpaired) electrons. The van der Waals surface area contributed by atoms with Crippen LogP contribution in [0.25, 0.3) is 213 Å². The fourth-order valence-corrected chi connectivity index (χ4v) is 25.7. The molecule has 24 aromatic carbocycles. The van der Waals surface area contributed by atoms with E-state index in [1.165, 1.54) is 224 Å². The van der Waals surface area contributed by atoms with Crippen molar-refractivity contribution < 1.29 is 0 Å². The first-order valence-electron chi connectivity index (χ1n) is 52.0. The fourth-order valence-electron chi connectivity index (χ4n) is 24.5. The van der Waals surface area contributed by atoms with E-state index in [4.69, 9.17) is 0 Å². The van der Waals surface area contributed by atoms with Crippen LogP contribution in [-0.4, -0.2) is 13.7 Å². The van der Waals surface area contributed by atoms with Gasteiger partial charge in [0.2, 0.25) is 0 Å². The van der Waals surface area contributed by atoms with Gasteiger partial charge in [-0.1, -0.05) is 392 Å². The van der Waals surface area contributed by atoms with Crippen molar-refractivity contribution in [2.75, 3.05) is 9.80 Å². The normalized spacial score (nSPS) is 12.6. The second-order valence-corrected chi connectivity index (χ2v) is 42.0. The summed E-state index contributed by atoms with van der Waals surface area (Å²) in [4.78, 5) is 4.81. The molecule has 0 bridgehead atoms. The minimum Gasteiger partial charge on any atom is -0.310 e. The Hall–Kier alpha value is -18.7. The Kier molecular flexibility index (Phi) is 21.5. The first kappa shape index (κ1) is 88.9. The number of para-hydroxylation sites is 8. The zero-order valence-electron chi connectivity index (χ0n) is 83.5. The van der Waals surface area contributed by atoms with Crippen LogP contribution in [-0.2, 0) is 10.8 Å². The minimum absolute atomic E-state index is 0.00430. The molecule has 5 nitrogen and oxygen atoms in total. The maximum Gasteiger partial charge on any atom is 0.0541 e. The van der Waals surface area contributed by atoms with Gasteiger partial charge in [0.15, 0.2) is 0 Å². The lowest BCUT2D eigenvalue weighted by atomic mass is 9.82. The highest BCUT2D eigenvalue weighted by molar-refractivity contribution is 7.25. The molecule has 4 aromatic heterocycles. The molecule has 0 aliphatic heterocycles. The Labute approximate surface area is 875 Å². The van der Waals surface area contributed by atoms with Crippen LogP contribution >= 0.6 is 11.3 Å². The lowest BCUT2D eigenvalue weighted by molar-refractivity contribution is 0.660. The number of thiophene rings is 1. The average molecular weight is 1930 g/mol.